The van der Waals surface area contributed by atoms with Crippen molar-refractivity contribution in [2.75, 3.05) is 25.1 Å². The molecule has 0 saturated carbocycles. The van der Waals surface area contributed by atoms with Gasteiger partial charge in [-0.2, -0.15) is 11.8 Å². The fraction of sp³-hybridized carbons (Fsp3) is 0.600. The Morgan fingerprint density at radius 1 is 1.62 bits per heavy atom. The van der Waals surface area contributed by atoms with Crippen molar-refractivity contribution in [1.82, 2.24) is 10.2 Å². The van der Waals surface area contributed by atoms with Gasteiger partial charge in [-0.25, -0.2) is 4.79 Å². The van der Waals surface area contributed by atoms with Gasteiger partial charge in [-0.05, 0) is 13.2 Å². The molecule has 0 aliphatic rings. The van der Waals surface area contributed by atoms with Crippen molar-refractivity contribution in [2.45, 2.75) is 13.0 Å². The van der Waals surface area contributed by atoms with Crippen LogP contribution < -0.4 is 5.32 Å². The van der Waals surface area contributed by atoms with Crippen molar-refractivity contribution in [3.8, 4) is 0 Å². The molecule has 0 aromatic rings. The minimum Gasteiger partial charge on any atom is -0.480 e. The molecule has 5 nitrogen and oxygen atoms in total. The second-order valence-corrected chi connectivity index (χ2v) is 4.28. The molecule has 0 aromatic carbocycles. The van der Waals surface area contributed by atoms with Crippen LogP contribution >= 0.6 is 11.8 Å². The Kier molecular flexibility index (Phi) is 7.45. The van der Waals surface area contributed by atoms with Gasteiger partial charge in [0.2, 0.25) is 0 Å². The Labute approximate surface area is 99.9 Å². The number of carboxylic acids is 1. The van der Waals surface area contributed by atoms with Crippen LogP contribution in [0.5, 0.6) is 0 Å². The Balaban J connectivity index is 4.25. The van der Waals surface area contributed by atoms with Gasteiger partial charge < -0.3 is 15.3 Å². The number of carboxylic acid groups (broad SMARTS) is 1. The minimum absolute atomic E-state index is 0.0172. The van der Waals surface area contributed by atoms with Crippen LogP contribution in [0, 0.1) is 0 Å². The summed E-state index contributed by atoms with van der Waals surface area (Å²) < 4.78 is 0. The molecule has 0 heterocycles. The second kappa shape index (κ2) is 8.04. The summed E-state index contributed by atoms with van der Waals surface area (Å²) in [7, 11) is 0. The van der Waals surface area contributed by atoms with Gasteiger partial charge in [-0.15, -0.1) is 6.58 Å². The summed E-state index contributed by atoms with van der Waals surface area (Å²) in [5.41, 5.74) is 0. The van der Waals surface area contributed by atoms with Crippen molar-refractivity contribution in [3.05, 3.63) is 12.7 Å². The molecule has 2 amide bonds. The van der Waals surface area contributed by atoms with E-state index < -0.39 is 5.97 Å². The molecule has 2 N–H and O–H groups in total. The van der Waals surface area contributed by atoms with Crippen molar-refractivity contribution in [2.24, 2.45) is 0 Å². The van der Waals surface area contributed by atoms with Crippen LogP contribution in [0.4, 0.5) is 4.79 Å². The molecule has 0 aliphatic heterocycles. The zero-order valence-electron chi connectivity index (χ0n) is 9.60. The monoisotopic (exact) mass is 246 g/mol. The lowest BCUT2D eigenvalue weighted by Crippen LogP contribution is -2.46. The minimum atomic E-state index is -1.03. The van der Waals surface area contributed by atoms with E-state index in [2.05, 4.69) is 11.9 Å². The molecule has 0 radical (unpaired) electrons. The maximum absolute atomic E-state index is 11.6. The van der Waals surface area contributed by atoms with Gasteiger partial charge in [-0.3, -0.25) is 4.79 Å². The van der Waals surface area contributed by atoms with Crippen molar-refractivity contribution >= 4 is 23.8 Å². The molecule has 0 aliphatic carbocycles. The number of hydrogen-bond donors (Lipinski definition) is 2. The first-order valence-electron chi connectivity index (χ1n) is 4.88. The molecule has 6 heteroatoms. The molecule has 0 rings (SSSR count). The zero-order chi connectivity index (χ0) is 12.6. The lowest BCUT2D eigenvalue weighted by atomic mass is 10.4. The Morgan fingerprint density at radius 3 is 2.69 bits per heavy atom. The first kappa shape index (κ1) is 14.8. The summed E-state index contributed by atoms with van der Waals surface area (Å²) in [6.07, 6.45) is 3.45. The van der Waals surface area contributed by atoms with Gasteiger partial charge in [0.1, 0.15) is 6.54 Å². The highest BCUT2D eigenvalue weighted by Crippen LogP contribution is 1.98. The van der Waals surface area contributed by atoms with E-state index in [-0.39, 0.29) is 25.2 Å². The van der Waals surface area contributed by atoms with E-state index >= 15 is 0 Å². The van der Waals surface area contributed by atoms with Crippen LogP contribution in [0.3, 0.4) is 0 Å². The van der Waals surface area contributed by atoms with Gasteiger partial charge in [0, 0.05) is 18.3 Å². The predicted molar refractivity (Wildman–Crippen MR) is 65.8 cm³/mol. The van der Waals surface area contributed by atoms with Gasteiger partial charge in [0.15, 0.2) is 0 Å². The smallest absolute Gasteiger partial charge is 0.323 e. The Morgan fingerprint density at radius 2 is 2.25 bits per heavy atom. The maximum atomic E-state index is 11.6. The summed E-state index contributed by atoms with van der Waals surface area (Å²) in [6, 6.07) is -0.354. The van der Waals surface area contributed by atoms with Gasteiger partial charge in [-0.1, -0.05) is 6.08 Å². The average Bonchev–Trinajstić information content (AvgIpc) is 2.16. The van der Waals surface area contributed by atoms with Crippen molar-refractivity contribution in [3.63, 3.8) is 0 Å². The van der Waals surface area contributed by atoms with E-state index in [1.807, 2.05) is 13.2 Å². The number of amides is 2. The summed E-state index contributed by atoms with van der Waals surface area (Å²) in [5, 5.41) is 11.4. The standard InChI is InChI=1S/C10H18N2O3S/c1-4-5-12(6-9(13)14)10(15)11-8(2)7-16-3/h4,8H,1,5-7H2,2-3H3,(H,11,15)(H,13,14). The molecule has 0 bridgehead atoms. The number of urea groups is 1. The number of thioether (sulfide) groups is 1. The molecule has 1 atom stereocenters. The average molecular weight is 246 g/mol. The van der Waals surface area contributed by atoms with Crippen LogP contribution in [0.25, 0.3) is 0 Å². The molecule has 0 fully saturated rings. The number of nitrogens with one attached hydrogen (secondary N) is 1. The molecule has 0 aromatic heterocycles. The van der Waals surface area contributed by atoms with Gasteiger partial charge >= 0.3 is 12.0 Å². The van der Waals surface area contributed by atoms with Gasteiger partial charge in [0.25, 0.3) is 0 Å². The fourth-order valence-electron chi connectivity index (χ4n) is 1.13. The van der Waals surface area contributed by atoms with Crippen LogP contribution in [-0.4, -0.2) is 53.1 Å². The van der Waals surface area contributed by atoms with E-state index in [1.54, 1.807) is 11.8 Å². The summed E-state index contributed by atoms with van der Waals surface area (Å²) in [5.74, 6) is -0.240. The quantitative estimate of drug-likeness (QED) is 0.658. The topological polar surface area (TPSA) is 69.6 Å². The van der Waals surface area contributed by atoms with Crippen molar-refractivity contribution in [1.29, 1.82) is 0 Å². The van der Waals surface area contributed by atoms with Crippen LogP contribution in [-0.2, 0) is 4.79 Å². The highest BCUT2D eigenvalue weighted by atomic mass is 32.2. The maximum Gasteiger partial charge on any atom is 0.323 e. The number of aliphatic carboxylic acids is 1. The highest BCUT2D eigenvalue weighted by Gasteiger charge is 2.16. The third-order valence-electron chi connectivity index (χ3n) is 1.75. The molecule has 0 spiro atoms. The number of rotatable bonds is 7. The van der Waals surface area contributed by atoms with Crippen LogP contribution in [0.1, 0.15) is 6.92 Å². The van der Waals surface area contributed by atoms with E-state index in [1.165, 1.54) is 11.0 Å². The number of hydrogen-bond acceptors (Lipinski definition) is 3. The first-order valence-corrected chi connectivity index (χ1v) is 6.27. The first-order chi connectivity index (χ1) is 7.51. The van der Waals surface area contributed by atoms with E-state index in [4.69, 9.17) is 5.11 Å². The molecule has 92 valence electrons. The third-order valence-corrected chi connectivity index (χ3v) is 2.58. The second-order valence-electron chi connectivity index (χ2n) is 3.37. The van der Waals surface area contributed by atoms with Crippen molar-refractivity contribution < 1.29 is 14.7 Å². The highest BCUT2D eigenvalue weighted by molar-refractivity contribution is 7.98. The van der Waals surface area contributed by atoms with E-state index in [9.17, 15) is 9.59 Å². The summed E-state index contributed by atoms with van der Waals surface area (Å²) >= 11 is 1.62. The largest absolute Gasteiger partial charge is 0.480 e. The number of carbonyl (C=O) groups is 2. The zero-order valence-corrected chi connectivity index (χ0v) is 10.4. The predicted octanol–water partition coefficient (Wildman–Crippen LogP) is 1.02. The third kappa shape index (κ3) is 6.34. The molecule has 16 heavy (non-hydrogen) atoms. The molecule has 0 saturated heterocycles. The van der Waals surface area contributed by atoms with Crippen LogP contribution in [0.15, 0.2) is 12.7 Å². The fourth-order valence-corrected chi connectivity index (χ4v) is 1.72. The van der Waals surface area contributed by atoms with Crippen LogP contribution in [0.2, 0.25) is 0 Å². The van der Waals surface area contributed by atoms with E-state index in [0.717, 1.165) is 5.75 Å². The Hall–Kier alpha value is -1.17. The van der Waals surface area contributed by atoms with Gasteiger partial charge in [0.05, 0.1) is 0 Å². The van der Waals surface area contributed by atoms with E-state index in [0.29, 0.717) is 0 Å². The lowest BCUT2D eigenvalue weighted by molar-refractivity contribution is -0.137. The number of nitrogens with zero attached hydrogens (tertiary/aromatic N) is 1. The summed E-state index contributed by atoms with van der Waals surface area (Å²) in [6.45, 7) is 5.27. The molecule has 1 unspecified atom stereocenters. The molecular formula is C10H18N2O3S. The molecular weight excluding hydrogens is 228 g/mol. The normalized spacial score (nSPS) is 11.6. The summed E-state index contributed by atoms with van der Waals surface area (Å²) in [4.78, 5) is 23.4. The Bertz CT molecular complexity index is 258. The number of carbonyl (C=O) groups excluding carboxylic acids is 1. The SMILES string of the molecule is C=CCN(CC(=O)O)C(=O)NC(C)CSC. The lowest BCUT2D eigenvalue weighted by Gasteiger charge is -2.22.